The normalized spacial score (nSPS) is 10.5. The standard InChI is InChI=1S/C26H20O3/c1-18-2-4-19(5-3-18)20-8-14-24(15-9-20)29-25-16-10-22(11-17-25)26(28)21-6-12-23(27)13-7-21/h2-17,27H,1H3. The Morgan fingerprint density at radius 1 is 0.621 bits per heavy atom. The van der Waals surface area contributed by atoms with Gasteiger partial charge in [-0.1, -0.05) is 42.0 Å². The number of phenolic OH excluding ortho intramolecular Hbond substituents is 1. The fourth-order valence-electron chi connectivity index (χ4n) is 3.05. The first-order valence-corrected chi connectivity index (χ1v) is 9.37. The summed E-state index contributed by atoms with van der Waals surface area (Å²) in [6.45, 7) is 2.07. The van der Waals surface area contributed by atoms with Crippen LogP contribution in [-0.4, -0.2) is 10.9 Å². The van der Waals surface area contributed by atoms with Crippen LogP contribution in [0.2, 0.25) is 0 Å². The minimum absolute atomic E-state index is 0.0981. The average Bonchev–Trinajstić information content (AvgIpc) is 2.76. The van der Waals surface area contributed by atoms with E-state index in [0.29, 0.717) is 16.9 Å². The Morgan fingerprint density at radius 3 is 1.55 bits per heavy atom. The predicted molar refractivity (Wildman–Crippen MR) is 115 cm³/mol. The van der Waals surface area contributed by atoms with Gasteiger partial charge in [0, 0.05) is 11.1 Å². The van der Waals surface area contributed by atoms with Crippen LogP contribution < -0.4 is 4.74 Å². The molecule has 0 aliphatic rings. The first-order valence-electron chi connectivity index (χ1n) is 9.37. The van der Waals surface area contributed by atoms with Crippen molar-refractivity contribution in [3.05, 3.63) is 114 Å². The van der Waals surface area contributed by atoms with Gasteiger partial charge in [-0.3, -0.25) is 4.79 Å². The molecule has 4 aromatic carbocycles. The number of hydrogen-bond acceptors (Lipinski definition) is 3. The molecule has 0 bridgehead atoms. The van der Waals surface area contributed by atoms with Gasteiger partial charge < -0.3 is 9.84 Å². The molecule has 3 heteroatoms. The highest BCUT2D eigenvalue weighted by molar-refractivity contribution is 6.09. The summed E-state index contributed by atoms with van der Waals surface area (Å²) in [6.07, 6.45) is 0. The molecule has 0 amide bonds. The molecule has 0 radical (unpaired) electrons. The molecule has 0 aliphatic carbocycles. The highest BCUT2D eigenvalue weighted by atomic mass is 16.5. The lowest BCUT2D eigenvalue weighted by Crippen LogP contribution is -2.00. The Kier molecular flexibility index (Phi) is 5.12. The number of benzene rings is 4. The van der Waals surface area contributed by atoms with Crippen molar-refractivity contribution in [1.82, 2.24) is 0 Å². The summed E-state index contributed by atoms with van der Waals surface area (Å²) in [7, 11) is 0. The first kappa shape index (κ1) is 18.5. The van der Waals surface area contributed by atoms with E-state index in [2.05, 4.69) is 31.2 Å². The number of ketones is 1. The topological polar surface area (TPSA) is 46.5 Å². The van der Waals surface area contributed by atoms with Gasteiger partial charge in [0.15, 0.2) is 5.78 Å². The summed E-state index contributed by atoms with van der Waals surface area (Å²) in [5, 5.41) is 9.35. The van der Waals surface area contributed by atoms with Gasteiger partial charge in [0.2, 0.25) is 0 Å². The lowest BCUT2D eigenvalue weighted by atomic mass is 10.0. The van der Waals surface area contributed by atoms with Crippen molar-refractivity contribution in [2.24, 2.45) is 0 Å². The molecule has 0 saturated carbocycles. The first-order chi connectivity index (χ1) is 14.1. The number of aromatic hydroxyl groups is 1. The van der Waals surface area contributed by atoms with Crippen LogP contribution in [0.25, 0.3) is 11.1 Å². The molecule has 0 aliphatic heterocycles. The zero-order chi connectivity index (χ0) is 20.2. The van der Waals surface area contributed by atoms with E-state index in [1.165, 1.54) is 23.3 Å². The van der Waals surface area contributed by atoms with Gasteiger partial charge in [0.1, 0.15) is 17.2 Å². The molecule has 0 spiro atoms. The molecule has 4 aromatic rings. The third kappa shape index (κ3) is 4.36. The molecular formula is C26H20O3. The summed E-state index contributed by atoms with van der Waals surface area (Å²) >= 11 is 0. The average molecular weight is 380 g/mol. The van der Waals surface area contributed by atoms with Crippen LogP contribution in [-0.2, 0) is 0 Å². The Balaban J connectivity index is 1.45. The zero-order valence-corrected chi connectivity index (χ0v) is 16.0. The van der Waals surface area contributed by atoms with Crippen LogP contribution in [0.1, 0.15) is 21.5 Å². The molecule has 0 heterocycles. The molecule has 0 saturated heterocycles. The summed E-state index contributed by atoms with van der Waals surface area (Å²) < 4.78 is 5.90. The van der Waals surface area contributed by atoms with Gasteiger partial charge in [-0.25, -0.2) is 0 Å². The van der Waals surface area contributed by atoms with Gasteiger partial charge in [0.25, 0.3) is 0 Å². The smallest absolute Gasteiger partial charge is 0.193 e. The van der Waals surface area contributed by atoms with E-state index < -0.39 is 0 Å². The van der Waals surface area contributed by atoms with Crippen LogP contribution in [0.3, 0.4) is 0 Å². The Bertz CT molecular complexity index is 1110. The van der Waals surface area contributed by atoms with E-state index in [0.717, 1.165) is 11.3 Å². The van der Waals surface area contributed by atoms with Crippen molar-refractivity contribution in [3.8, 4) is 28.4 Å². The monoisotopic (exact) mass is 380 g/mol. The van der Waals surface area contributed by atoms with E-state index in [1.807, 2.05) is 24.3 Å². The highest BCUT2D eigenvalue weighted by Gasteiger charge is 2.09. The number of rotatable bonds is 5. The van der Waals surface area contributed by atoms with E-state index >= 15 is 0 Å². The molecular weight excluding hydrogens is 360 g/mol. The Labute approximate surface area is 169 Å². The van der Waals surface area contributed by atoms with Gasteiger partial charge in [-0.15, -0.1) is 0 Å². The molecule has 4 rings (SSSR count). The molecule has 0 unspecified atom stereocenters. The second-order valence-electron chi connectivity index (χ2n) is 6.89. The fraction of sp³-hybridized carbons (Fsp3) is 0.0385. The second kappa shape index (κ2) is 8.03. The van der Waals surface area contributed by atoms with Crippen LogP contribution in [0.4, 0.5) is 0 Å². The van der Waals surface area contributed by atoms with Gasteiger partial charge in [-0.05, 0) is 78.7 Å². The van der Waals surface area contributed by atoms with Crippen molar-refractivity contribution in [3.63, 3.8) is 0 Å². The van der Waals surface area contributed by atoms with Crippen molar-refractivity contribution in [1.29, 1.82) is 0 Å². The molecule has 0 atom stereocenters. The minimum Gasteiger partial charge on any atom is -0.508 e. The molecule has 0 fully saturated rings. The maximum atomic E-state index is 12.5. The quantitative estimate of drug-likeness (QED) is 0.408. The largest absolute Gasteiger partial charge is 0.508 e. The SMILES string of the molecule is Cc1ccc(-c2ccc(Oc3ccc(C(=O)c4ccc(O)cc4)cc3)cc2)cc1. The van der Waals surface area contributed by atoms with Gasteiger partial charge in [0.05, 0.1) is 0 Å². The highest BCUT2D eigenvalue weighted by Crippen LogP contribution is 2.26. The third-order valence-corrected chi connectivity index (χ3v) is 4.72. The van der Waals surface area contributed by atoms with Crippen molar-refractivity contribution < 1.29 is 14.6 Å². The molecule has 29 heavy (non-hydrogen) atoms. The lowest BCUT2D eigenvalue weighted by Gasteiger charge is -2.08. The van der Waals surface area contributed by atoms with Crippen molar-refractivity contribution in [2.45, 2.75) is 6.92 Å². The van der Waals surface area contributed by atoms with Crippen molar-refractivity contribution in [2.75, 3.05) is 0 Å². The van der Waals surface area contributed by atoms with Crippen LogP contribution >= 0.6 is 0 Å². The molecule has 0 aromatic heterocycles. The third-order valence-electron chi connectivity index (χ3n) is 4.72. The van der Waals surface area contributed by atoms with Crippen LogP contribution in [0.15, 0.2) is 97.1 Å². The molecule has 1 N–H and O–H groups in total. The Morgan fingerprint density at radius 2 is 1.03 bits per heavy atom. The fourth-order valence-corrected chi connectivity index (χ4v) is 3.05. The maximum absolute atomic E-state index is 12.5. The van der Waals surface area contributed by atoms with Crippen molar-refractivity contribution >= 4 is 5.78 Å². The van der Waals surface area contributed by atoms with E-state index in [-0.39, 0.29) is 11.5 Å². The van der Waals surface area contributed by atoms with Gasteiger partial charge >= 0.3 is 0 Å². The number of hydrogen-bond donors (Lipinski definition) is 1. The molecule has 142 valence electrons. The summed E-state index contributed by atoms with van der Waals surface area (Å²) in [6, 6.07) is 29.6. The minimum atomic E-state index is -0.0981. The number of carbonyl (C=O) groups is 1. The van der Waals surface area contributed by atoms with E-state index in [1.54, 1.807) is 36.4 Å². The predicted octanol–water partition coefficient (Wildman–Crippen LogP) is 6.39. The van der Waals surface area contributed by atoms with E-state index in [9.17, 15) is 9.90 Å². The van der Waals surface area contributed by atoms with Crippen LogP contribution in [0, 0.1) is 6.92 Å². The summed E-state index contributed by atoms with van der Waals surface area (Å²) in [4.78, 5) is 12.5. The van der Waals surface area contributed by atoms with Gasteiger partial charge in [-0.2, -0.15) is 0 Å². The lowest BCUT2D eigenvalue weighted by molar-refractivity contribution is 0.103. The Hall–Kier alpha value is -3.85. The number of phenols is 1. The molecule has 3 nitrogen and oxygen atoms in total. The summed E-state index contributed by atoms with van der Waals surface area (Å²) in [5.41, 5.74) is 4.63. The van der Waals surface area contributed by atoms with E-state index in [4.69, 9.17) is 4.74 Å². The second-order valence-corrected chi connectivity index (χ2v) is 6.89. The maximum Gasteiger partial charge on any atom is 0.193 e. The van der Waals surface area contributed by atoms with Crippen LogP contribution in [0.5, 0.6) is 17.2 Å². The number of aryl methyl sites for hydroxylation is 1. The number of carbonyl (C=O) groups excluding carboxylic acids is 1. The number of ether oxygens (including phenoxy) is 1. The summed E-state index contributed by atoms with van der Waals surface area (Å²) in [5.74, 6) is 1.44. The zero-order valence-electron chi connectivity index (χ0n) is 16.0.